The van der Waals surface area contributed by atoms with Crippen LogP contribution >= 0.6 is 0 Å². The lowest BCUT2D eigenvalue weighted by molar-refractivity contribution is -0.116. The lowest BCUT2D eigenvalue weighted by atomic mass is 10.0. The maximum absolute atomic E-state index is 12.7. The highest BCUT2D eigenvalue weighted by Gasteiger charge is 2.41. The number of para-hydroxylation sites is 1. The third-order valence-corrected chi connectivity index (χ3v) is 4.60. The Labute approximate surface area is 146 Å². The summed E-state index contributed by atoms with van der Waals surface area (Å²) in [5, 5.41) is 2.76. The minimum absolute atomic E-state index is 0.0198. The Morgan fingerprint density at radius 3 is 2.52 bits per heavy atom. The van der Waals surface area contributed by atoms with E-state index in [-0.39, 0.29) is 30.6 Å². The molecule has 1 aromatic carbocycles. The Kier molecular flexibility index (Phi) is 5.02. The van der Waals surface area contributed by atoms with Crippen molar-refractivity contribution in [1.82, 2.24) is 15.1 Å². The maximum atomic E-state index is 12.7. The molecule has 0 saturated carbocycles. The number of piperidine rings is 1. The highest BCUT2D eigenvalue weighted by molar-refractivity contribution is 6.19. The van der Waals surface area contributed by atoms with E-state index in [0.29, 0.717) is 38.2 Å². The number of nitrogens with one attached hydrogen (secondary N) is 1. The Morgan fingerprint density at radius 2 is 1.88 bits per heavy atom. The van der Waals surface area contributed by atoms with Gasteiger partial charge in [-0.05, 0) is 25.0 Å². The second kappa shape index (κ2) is 7.38. The number of imide groups is 1. The van der Waals surface area contributed by atoms with Gasteiger partial charge in [0.15, 0.2) is 0 Å². The van der Waals surface area contributed by atoms with Crippen molar-refractivity contribution >= 4 is 23.7 Å². The van der Waals surface area contributed by atoms with Crippen LogP contribution in [-0.4, -0.2) is 60.0 Å². The van der Waals surface area contributed by atoms with Crippen LogP contribution in [0.4, 0.5) is 15.3 Å². The monoisotopic (exact) mass is 342 g/mol. The van der Waals surface area contributed by atoms with E-state index in [2.05, 4.69) is 11.9 Å². The molecule has 5 amide bonds. The molecule has 2 aliphatic heterocycles. The van der Waals surface area contributed by atoms with Crippen molar-refractivity contribution in [2.24, 2.45) is 0 Å². The number of benzene rings is 1. The van der Waals surface area contributed by atoms with Crippen LogP contribution in [0.2, 0.25) is 0 Å². The fourth-order valence-electron chi connectivity index (χ4n) is 3.29. The molecule has 0 spiro atoms. The number of rotatable bonds is 4. The normalized spacial score (nSPS) is 18.6. The second-order valence-corrected chi connectivity index (χ2v) is 6.17. The van der Waals surface area contributed by atoms with Gasteiger partial charge in [-0.3, -0.25) is 4.79 Å². The first-order valence-corrected chi connectivity index (χ1v) is 8.44. The van der Waals surface area contributed by atoms with Gasteiger partial charge in [-0.15, -0.1) is 6.58 Å². The number of anilines is 1. The van der Waals surface area contributed by atoms with Gasteiger partial charge in [0, 0.05) is 25.7 Å². The Bertz CT molecular complexity index is 668. The molecule has 0 atom stereocenters. The maximum Gasteiger partial charge on any atom is 0.332 e. The Morgan fingerprint density at radius 1 is 1.20 bits per heavy atom. The van der Waals surface area contributed by atoms with E-state index < -0.39 is 0 Å². The first-order chi connectivity index (χ1) is 12.1. The van der Waals surface area contributed by atoms with E-state index in [1.54, 1.807) is 40.1 Å². The molecular weight excluding hydrogens is 320 g/mol. The molecule has 2 aliphatic rings. The number of likely N-dealkylation sites (tertiary alicyclic amines) is 1. The third kappa shape index (κ3) is 3.50. The number of carbonyl (C=O) groups excluding carboxylic acids is 3. The minimum Gasteiger partial charge on any atom is -0.335 e. The van der Waals surface area contributed by atoms with Gasteiger partial charge in [-0.1, -0.05) is 24.3 Å². The van der Waals surface area contributed by atoms with Crippen molar-refractivity contribution in [1.29, 1.82) is 0 Å². The van der Waals surface area contributed by atoms with Crippen molar-refractivity contribution in [2.45, 2.75) is 18.9 Å². The zero-order valence-electron chi connectivity index (χ0n) is 14.1. The Balaban J connectivity index is 1.61. The van der Waals surface area contributed by atoms with Gasteiger partial charge in [0.05, 0.1) is 5.69 Å². The van der Waals surface area contributed by atoms with Crippen LogP contribution in [0.15, 0.2) is 43.0 Å². The van der Waals surface area contributed by atoms with Crippen LogP contribution in [-0.2, 0) is 4.79 Å². The van der Waals surface area contributed by atoms with Crippen molar-refractivity contribution in [3.63, 3.8) is 0 Å². The standard InChI is InChI=1S/C18H22N4O3/c1-2-10-19-17(24)20-11-8-14(9-12-20)21-13-16(23)22(18(21)25)15-6-4-3-5-7-15/h2-7,14H,1,8-13H2,(H,19,24). The molecule has 0 radical (unpaired) electrons. The first kappa shape index (κ1) is 17.0. The molecule has 132 valence electrons. The molecule has 2 heterocycles. The number of carbonyl (C=O) groups is 3. The van der Waals surface area contributed by atoms with E-state index in [9.17, 15) is 14.4 Å². The summed E-state index contributed by atoms with van der Waals surface area (Å²) in [5.74, 6) is -0.206. The average Bonchev–Trinajstić information content (AvgIpc) is 2.95. The SMILES string of the molecule is C=CCNC(=O)N1CCC(N2CC(=O)N(c3ccccc3)C2=O)CC1. The van der Waals surface area contributed by atoms with Gasteiger partial charge in [-0.25, -0.2) is 14.5 Å². The van der Waals surface area contributed by atoms with Gasteiger partial charge >= 0.3 is 12.1 Å². The summed E-state index contributed by atoms with van der Waals surface area (Å²) >= 11 is 0. The van der Waals surface area contributed by atoms with E-state index in [4.69, 9.17) is 0 Å². The van der Waals surface area contributed by atoms with Gasteiger partial charge in [0.1, 0.15) is 6.54 Å². The van der Waals surface area contributed by atoms with Crippen LogP contribution in [0.1, 0.15) is 12.8 Å². The number of nitrogens with zero attached hydrogens (tertiary/aromatic N) is 3. The number of amides is 5. The molecule has 25 heavy (non-hydrogen) atoms. The van der Waals surface area contributed by atoms with Crippen molar-refractivity contribution < 1.29 is 14.4 Å². The highest BCUT2D eigenvalue weighted by Crippen LogP contribution is 2.26. The van der Waals surface area contributed by atoms with E-state index in [1.165, 1.54) is 4.90 Å². The largest absolute Gasteiger partial charge is 0.335 e. The van der Waals surface area contributed by atoms with Crippen molar-refractivity contribution in [3.8, 4) is 0 Å². The molecule has 7 heteroatoms. The smallest absolute Gasteiger partial charge is 0.332 e. The van der Waals surface area contributed by atoms with Gasteiger partial charge in [0.25, 0.3) is 5.91 Å². The summed E-state index contributed by atoms with van der Waals surface area (Å²) in [5.41, 5.74) is 0.598. The van der Waals surface area contributed by atoms with Crippen molar-refractivity contribution in [3.05, 3.63) is 43.0 Å². The molecule has 2 saturated heterocycles. The number of hydrogen-bond donors (Lipinski definition) is 1. The molecule has 0 unspecified atom stereocenters. The lowest BCUT2D eigenvalue weighted by Gasteiger charge is -2.36. The molecular formula is C18H22N4O3. The van der Waals surface area contributed by atoms with Crippen LogP contribution in [0.25, 0.3) is 0 Å². The Hall–Kier alpha value is -2.83. The third-order valence-electron chi connectivity index (χ3n) is 4.60. The minimum atomic E-state index is -0.272. The van der Waals surface area contributed by atoms with E-state index >= 15 is 0 Å². The van der Waals surface area contributed by atoms with Crippen LogP contribution in [0, 0.1) is 0 Å². The lowest BCUT2D eigenvalue weighted by Crippen LogP contribution is -2.50. The summed E-state index contributed by atoms with van der Waals surface area (Å²) in [4.78, 5) is 41.6. The topological polar surface area (TPSA) is 73.0 Å². The molecule has 0 bridgehead atoms. The predicted molar refractivity (Wildman–Crippen MR) is 94.2 cm³/mol. The zero-order valence-corrected chi connectivity index (χ0v) is 14.1. The molecule has 1 aromatic rings. The van der Waals surface area contributed by atoms with Crippen LogP contribution < -0.4 is 10.2 Å². The summed E-state index contributed by atoms with van der Waals surface area (Å²) in [6.45, 7) is 5.24. The summed E-state index contributed by atoms with van der Waals surface area (Å²) in [7, 11) is 0. The number of hydrogen-bond acceptors (Lipinski definition) is 3. The summed E-state index contributed by atoms with van der Waals surface area (Å²) in [6.07, 6.45) is 2.98. The fourth-order valence-corrected chi connectivity index (χ4v) is 3.29. The zero-order chi connectivity index (χ0) is 17.8. The van der Waals surface area contributed by atoms with Crippen LogP contribution in [0.5, 0.6) is 0 Å². The molecule has 3 rings (SSSR count). The average molecular weight is 342 g/mol. The molecule has 1 N–H and O–H groups in total. The quantitative estimate of drug-likeness (QED) is 0.670. The molecule has 0 aromatic heterocycles. The highest BCUT2D eigenvalue weighted by atomic mass is 16.2. The first-order valence-electron chi connectivity index (χ1n) is 8.44. The summed E-state index contributed by atoms with van der Waals surface area (Å²) < 4.78 is 0. The second-order valence-electron chi connectivity index (χ2n) is 6.17. The molecule has 2 fully saturated rings. The fraction of sp³-hybridized carbons (Fsp3) is 0.389. The molecule has 0 aliphatic carbocycles. The van der Waals surface area contributed by atoms with Gasteiger partial charge in [-0.2, -0.15) is 0 Å². The van der Waals surface area contributed by atoms with Gasteiger partial charge in [0.2, 0.25) is 0 Å². The van der Waals surface area contributed by atoms with E-state index in [1.807, 2.05) is 6.07 Å². The molecule has 7 nitrogen and oxygen atoms in total. The summed E-state index contributed by atoms with van der Waals surface area (Å²) in [6, 6.07) is 8.56. The predicted octanol–water partition coefficient (Wildman–Crippen LogP) is 1.82. The number of urea groups is 2. The van der Waals surface area contributed by atoms with Gasteiger partial charge < -0.3 is 15.1 Å². The van der Waals surface area contributed by atoms with E-state index in [0.717, 1.165) is 0 Å². The van der Waals surface area contributed by atoms with Crippen molar-refractivity contribution in [2.75, 3.05) is 31.1 Å². The van der Waals surface area contributed by atoms with Crippen LogP contribution in [0.3, 0.4) is 0 Å².